The maximum absolute atomic E-state index is 10.3. The SMILES string of the molecule is CCCCCCC(C)(C)c1ccc([C@H]2C[C@@H](O)CCN2C)c(OCc2ccccc2)c1. The van der Waals surface area contributed by atoms with Crippen molar-refractivity contribution in [2.75, 3.05) is 13.6 Å². The molecule has 2 aromatic carbocycles. The van der Waals surface area contributed by atoms with Gasteiger partial charge >= 0.3 is 0 Å². The van der Waals surface area contributed by atoms with E-state index in [1.54, 1.807) is 0 Å². The van der Waals surface area contributed by atoms with Gasteiger partial charge in [-0.3, -0.25) is 4.90 Å². The van der Waals surface area contributed by atoms with Crippen molar-refractivity contribution in [1.82, 2.24) is 4.90 Å². The van der Waals surface area contributed by atoms with Crippen LogP contribution in [0.25, 0.3) is 0 Å². The van der Waals surface area contributed by atoms with E-state index in [1.807, 2.05) is 6.07 Å². The summed E-state index contributed by atoms with van der Waals surface area (Å²) in [5.74, 6) is 0.967. The lowest BCUT2D eigenvalue weighted by Crippen LogP contribution is -2.36. The van der Waals surface area contributed by atoms with Crippen molar-refractivity contribution in [2.24, 2.45) is 0 Å². The summed E-state index contributed by atoms with van der Waals surface area (Å²) < 4.78 is 6.43. The number of aliphatic hydroxyl groups is 1. The van der Waals surface area contributed by atoms with Crippen LogP contribution in [0, 0.1) is 0 Å². The number of rotatable bonds is 10. The molecule has 1 aliphatic heterocycles. The van der Waals surface area contributed by atoms with Crippen LogP contribution in [0.3, 0.4) is 0 Å². The van der Waals surface area contributed by atoms with Crippen molar-refractivity contribution in [2.45, 2.75) is 89.9 Å². The minimum absolute atomic E-state index is 0.120. The predicted octanol–water partition coefficient (Wildman–Crippen LogP) is 6.64. The van der Waals surface area contributed by atoms with Crippen LogP contribution in [0.2, 0.25) is 0 Å². The number of piperidine rings is 1. The molecule has 3 heteroatoms. The van der Waals surface area contributed by atoms with Crippen LogP contribution in [-0.2, 0) is 12.0 Å². The molecule has 0 radical (unpaired) electrons. The zero-order valence-electron chi connectivity index (χ0n) is 19.9. The molecule has 0 aromatic heterocycles. The Morgan fingerprint density at radius 1 is 1.06 bits per heavy atom. The first-order valence-corrected chi connectivity index (χ1v) is 12.1. The molecule has 3 nitrogen and oxygen atoms in total. The molecule has 2 aromatic rings. The molecule has 170 valence electrons. The van der Waals surface area contributed by atoms with Crippen LogP contribution in [0.15, 0.2) is 48.5 Å². The normalized spacial score (nSPS) is 20.0. The third-order valence-electron chi connectivity index (χ3n) is 6.89. The third-order valence-corrected chi connectivity index (χ3v) is 6.89. The maximum atomic E-state index is 10.3. The van der Waals surface area contributed by atoms with Gasteiger partial charge in [-0.2, -0.15) is 0 Å². The summed E-state index contributed by atoms with van der Waals surface area (Å²) >= 11 is 0. The topological polar surface area (TPSA) is 32.7 Å². The van der Waals surface area contributed by atoms with Gasteiger partial charge in [0.25, 0.3) is 0 Å². The molecule has 1 saturated heterocycles. The summed E-state index contributed by atoms with van der Waals surface area (Å²) in [4.78, 5) is 2.35. The molecule has 1 N–H and O–H groups in total. The van der Waals surface area contributed by atoms with Gasteiger partial charge in [0.1, 0.15) is 12.4 Å². The van der Waals surface area contributed by atoms with Crippen molar-refractivity contribution >= 4 is 0 Å². The molecule has 0 spiro atoms. The van der Waals surface area contributed by atoms with Crippen molar-refractivity contribution in [3.63, 3.8) is 0 Å². The summed E-state index contributed by atoms with van der Waals surface area (Å²) in [6, 6.07) is 17.4. The summed E-state index contributed by atoms with van der Waals surface area (Å²) in [6.45, 7) is 8.44. The Morgan fingerprint density at radius 2 is 1.84 bits per heavy atom. The average Bonchev–Trinajstić information content (AvgIpc) is 2.77. The second-order valence-corrected chi connectivity index (χ2v) is 9.90. The molecule has 0 amide bonds. The molecule has 1 heterocycles. The molecule has 0 saturated carbocycles. The zero-order chi connectivity index (χ0) is 22.3. The van der Waals surface area contributed by atoms with Crippen LogP contribution in [0.5, 0.6) is 5.75 Å². The van der Waals surface area contributed by atoms with E-state index in [1.165, 1.54) is 48.8 Å². The molecule has 1 fully saturated rings. The van der Waals surface area contributed by atoms with Gasteiger partial charge in [0, 0.05) is 18.2 Å². The lowest BCUT2D eigenvalue weighted by atomic mass is 9.79. The smallest absolute Gasteiger partial charge is 0.124 e. The quantitative estimate of drug-likeness (QED) is 0.435. The van der Waals surface area contributed by atoms with Crippen LogP contribution >= 0.6 is 0 Å². The molecule has 0 aliphatic carbocycles. The summed E-state index contributed by atoms with van der Waals surface area (Å²) in [6.07, 6.45) is 7.71. The van der Waals surface area contributed by atoms with Crippen LogP contribution in [-0.4, -0.2) is 29.7 Å². The monoisotopic (exact) mass is 423 g/mol. The fourth-order valence-electron chi connectivity index (χ4n) is 4.66. The highest BCUT2D eigenvalue weighted by molar-refractivity contribution is 5.42. The first-order chi connectivity index (χ1) is 14.9. The Kier molecular flexibility index (Phi) is 8.57. The average molecular weight is 424 g/mol. The minimum Gasteiger partial charge on any atom is -0.489 e. The van der Waals surface area contributed by atoms with E-state index in [4.69, 9.17) is 4.74 Å². The van der Waals surface area contributed by atoms with Gasteiger partial charge in [0.15, 0.2) is 0 Å². The fourth-order valence-corrected chi connectivity index (χ4v) is 4.66. The summed E-state index contributed by atoms with van der Waals surface area (Å²) in [7, 11) is 2.16. The van der Waals surface area contributed by atoms with Crippen molar-refractivity contribution in [3.8, 4) is 5.75 Å². The van der Waals surface area contributed by atoms with Gasteiger partial charge in [0.05, 0.1) is 6.10 Å². The number of hydrogen-bond donors (Lipinski definition) is 1. The first kappa shape index (κ1) is 23.8. The summed E-state index contributed by atoms with van der Waals surface area (Å²) in [5.41, 5.74) is 3.84. The largest absolute Gasteiger partial charge is 0.489 e. The van der Waals surface area contributed by atoms with Crippen LogP contribution < -0.4 is 4.74 Å². The minimum atomic E-state index is -0.238. The van der Waals surface area contributed by atoms with E-state index in [9.17, 15) is 5.11 Å². The molecule has 31 heavy (non-hydrogen) atoms. The second kappa shape index (κ2) is 11.2. The molecule has 0 unspecified atom stereocenters. The molecule has 2 atom stereocenters. The van der Waals surface area contributed by atoms with Crippen LogP contribution in [0.4, 0.5) is 0 Å². The Hall–Kier alpha value is -1.84. The van der Waals surface area contributed by atoms with Gasteiger partial charge in [-0.1, -0.05) is 88.9 Å². The molecular weight excluding hydrogens is 382 g/mol. The number of likely N-dealkylation sites (tertiary alicyclic amines) is 1. The van der Waals surface area contributed by atoms with Gasteiger partial charge in [-0.05, 0) is 48.9 Å². The Bertz CT molecular complexity index is 802. The fraction of sp³-hybridized carbons (Fsp3) is 0.571. The lowest BCUT2D eigenvalue weighted by molar-refractivity contribution is 0.0540. The summed E-state index contributed by atoms with van der Waals surface area (Å²) in [5, 5.41) is 10.3. The molecular formula is C28H41NO2. The van der Waals surface area contributed by atoms with Gasteiger partial charge in [-0.15, -0.1) is 0 Å². The van der Waals surface area contributed by atoms with E-state index in [0.717, 1.165) is 25.1 Å². The zero-order valence-corrected chi connectivity index (χ0v) is 19.9. The highest BCUT2D eigenvalue weighted by atomic mass is 16.5. The van der Waals surface area contributed by atoms with Crippen molar-refractivity contribution < 1.29 is 9.84 Å². The van der Waals surface area contributed by atoms with Gasteiger partial charge < -0.3 is 9.84 Å². The number of benzene rings is 2. The lowest BCUT2D eigenvalue weighted by Gasteiger charge is -2.36. The predicted molar refractivity (Wildman–Crippen MR) is 130 cm³/mol. The van der Waals surface area contributed by atoms with Gasteiger partial charge in [0.2, 0.25) is 0 Å². The maximum Gasteiger partial charge on any atom is 0.124 e. The standard InChI is InChI=1S/C28H41NO2/c1-5-6-7-11-17-28(2,3)23-14-15-25(26-20-24(30)16-18-29(26)4)27(19-23)31-21-22-12-9-8-10-13-22/h8-10,12-15,19,24,26,30H,5-7,11,16-18,20-21H2,1-4H3/t24-,26+/m0/s1. The van der Waals surface area contributed by atoms with Gasteiger partial charge in [-0.25, -0.2) is 0 Å². The molecule has 1 aliphatic rings. The van der Waals surface area contributed by atoms with Crippen molar-refractivity contribution in [1.29, 1.82) is 0 Å². The molecule has 3 rings (SSSR count). The third kappa shape index (κ3) is 6.57. The van der Waals surface area contributed by atoms with E-state index < -0.39 is 0 Å². The highest BCUT2D eigenvalue weighted by Gasteiger charge is 2.30. The number of aliphatic hydroxyl groups excluding tert-OH is 1. The first-order valence-electron chi connectivity index (χ1n) is 12.1. The highest BCUT2D eigenvalue weighted by Crippen LogP contribution is 2.39. The Labute approximate surface area is 189 Å². The van der Waals surface area contributed by atoms with Crippen molar-refractivity contribution in [3.05, 3.63) is 65.2 Å². The second-order valence-electron chi connectivity index (χ2n) is 9.90. The van der Waals surface area contributed by atoms with Crippen LogP contribution in [0.1, 0.15) is 88.4 Å². The number of nitrogens with zero attached hydrogens (tertiary/aromatic N) is 1. The Morgan fingerprint density at radius 3 is 2.58 bits per heavy atom. The molecule has 0 bridgehead atoms. The van der Waals surface area contributed by atoms with E-state index >= 15 is 0 Å². The van der Waals surface area contributed by atoms with E-state index in [0.29, 0.717) is 6.61 Å². The number of hydrogen-bond acceptors (Lipinski definition) is 3. The number of unbranched alkanes of at least 4 members (excludes halogenated alkanes) is 3. The van der Waals surface area contributed by atoms with E-state index in [-0.39, 0.29) is 17.6 Å². The Balaban J connectivity index is 1.85. The van der Waals surface area contributed by atoms with E-state index in [2.05, 4.69) is 75.2 Å². The number of ether oxygens (including phenoxy) is 1.